The van der Waals surface area contributed by atoms with E-state index in [4.69, 9.17) is 24.4 Å². The number of piperazine rings is 1. The van der Waals surface area contributed by atoms with Gasteiger partial charge in [-0.05, 0) is 104 Å². The fourth-order valence-electron chi connectivity index (χ4n) is 12.3. The number of rotatable bonds is 15. The summed E-state index contributed by atoms with van der Waals surface area (Å²) < 4.78 is 12.5. The number of thiazole rings is 1. The van der Waals surface area contributed by atoms with Crippen LogP contribution in [-0.2, 0) is 19.1 Å². The lowest BCUT2D eigenvalue weighted by Crippen LogP contribution is -2.58. The van der Waals surface area contributed by atoms with E-state index in [0.29, 0.717) is 37.9 Å². The number of hydrogen-bond donors (Lipinski definition) is 5. The van der Waals surface area contributed by atoms with E-state index in [2.05, 4.69) is 43.7 Å². The molecule has 0 spiro atoms. The van der Waals surface area contributed by atoms with Crippen molar-refractivity contribution in [1.82, 2.24) is 45.7 Å². The van der Waals surface area contributed by atoms with Crippen LogP contribution in [0.25, 0.3) is 43.4 Å². The summed E-state index contributed by atoms with van der Waals surface area (Å²) in [6.07, 6.45) is 5.21. The number of hydrogen-bond acceptors (Lipinski definition) is 15. The van der Waals surface area contributed by atoms with Gasteiger partial charge < -0.3 is 45.4 Å². The van der Waals surface area contributed by atoms with Crippen LogP contribution in [0.4, 0.5) is 5.82 Å². The van der Waals surface area contributed by atoms with Crippen LogP contribution in [-0.4, -0.2) is 147 Å². The number of β-amino-alcohol motifs (C(OH)–C–C–N with tert-alkyl or cyclic N) is 1. The van der Waals surface area contributed by atoms with Gasteiger partial charge in [0.1, 0.15) is 36.9 Å². The number of aromatic nitrogens is 4. The molecule has 4 fully saturated rings. The summed E-state index contributed by atoms with van der Waals surface area (Å²) in [6.45, 7) is 16.4. The number of fused-ring (bicyclic) bond motifs is 6. The van der Waals surface area contributed by atoms with Crippen LogP contribution < -0.4 is 25.6 Å². The minimum atomic E-state index is -0.951. The summed E-state index contributed by atoms with van der Waals surface area (Å²) in [6, 6.07) is 16.8. The molecule has 7 atom stereocenters. The van der Waals surface area contributed by atoms with E-state index in [1.807, 2.05) is 94.9 Å². The largest absolute Gasteiger partial charge is 0.508 e. The second-order valence-electron chi connectivity index (χ2n) is 22.8. The first kappa shape index (κ1) is 51.8. The number of nitrogens with zero attached hydrogens (tertiary/aromatic N) is 7. The minimum Gasteiger partial charge on any atom is -0.508 e. The fraction of sp³-hybridized carbons (Fsp3) is 0.500. The summed E-state index contributed by atoms with van der Waals surface area (Å²) >= 11 is 1.58. The zero-order valence-corrected chi connectivity index (χ0v) is 45.2. The Kier molecular flexibility index (Phi) is 14.5. The number of aromatic hydroxyl groups is 1. The maximum absolute atomic E-state index is 14.3. The molecule has 4 saturated heterocycles. The molecule has 5 N–H and O–H groups in total. The molecule has 3 aromatic carbocycles. The molecule has 3 unspecified atom stereocenters. The number of piperidine rings is 1. The molecule has 76 heavy (non-hydrogen) atoms. The third-order valence-corrected chi connectivity index (χ3v) is 17.4. The number of phenols is 1. The quantitative estimate of drug-likeness (QED) is 0.0712. The molecule has 6 aromatic rings. The van der Waals surface area contributed by atoms with E-state index in [-0.39, 0.29) is 49.1 Å². The highest BCUT2D eigenvalue weighted by molar-refractivity contribution is 7.13. The van der Waals surface area contributed by atoms with Crippen molar-refractivity contribution >= 4 is 56.6 Å². The molecule has 5 aliphatic rings. The van der Waals surface area contributed by atoms with Gasteiger partial charge in [-0.3, -0.25) is 24.3 Å². The number of aryl methyl sites for hydroxylation is 1. The molecule has 400 valence electrons. The molecule has 3 amide bonds. The van der Waals surface area contributed by atoms with Crippen molar-refractivity contribution in [2.75, 3.05) is 64.0 Å². The number of benzene rings is 3. The Hall–Kier alpha value is -6.31. The molecule has 1 aliphatic carbocycles. The summed E-state index contributed by atoms with van der Waals surface area (Å²) in [5.41, 5.74) is 8.83. The Labute approximate surface area is 447 Å². The van der Waals surface area contributed by atoms with Gasteiger partial charge >= 0.3 is 6.01 Å². The summed E-state index contributed by atoms with van der Waals surface area (Å²) in [5.74, 6) is 0.136. The SMILES string of the molecule is Cc1ncsc1-c1ccc([C@H](C)NC(=O)[C@@H]2C[C@H](O)CN2C(=O)[C@@H](NC(=O)COCC2CCN(CCOc3nc(N4CC5CCC(C4)N5)c4cnc5c(c4n3)C(C)c3cccc4cc(O)cc-5c34)CC2)C(C)(C)C)cc1. The smallest absolute Gasteiger partial charge is 0.319 e. The summed E-state index contributed by atoms with van der Waals surface area (Å²) in [5, 5.41) is 34.3. The van der Waals surface area contributed by atoms with Crippen LogP contribution in [0, 0.1) is 18.3 Å². The Balaban J connectivity index is 0.679. The maximum atomic E-state index is 14.3. The zero-order chi connectivity index (χ0) is 53.0. The van der Waals surface area contributed by atoms with Crippen molar-refractivity contribution in [3.63, 3.8) is 0 Å². The molecule has 18 heteroatoms. The second-order valence-corrected chi connectivity index (χ2v) is 23.7. The van der Waals surface area contributed by atoms with Crippen molar-refractivity contribution < 1.29 is 34.1 Å². The molecule has 11 rings (SSSR count). The van der Waals surface area contributed by atoms with Gasteiger partial charge in [-0.15, -0.1) is 11.3 Å². The predicted molar refractivity (Wildman–Crippen MR) is 293 cm³/mol. The standard InChI is InChI=1S/C58H70N10O7S/c1-32-43-9-7-8-38-22-41(69)23-44(49(38)43)50-48(32)51-45(25-59-50)54(67-26-39-14-15-40(27-67)62-39)65-57(64-51)75-21-20-66-18-16-35(17-19-66)29-74-30-47(71)63-53(58(4,5)6)56(73)68-28-42(70)24-46(68)55(72)61-33(2)36-10-12-37(13-11-36)52-34(3)60-31-76-52/h7-13,22-23,25,31-33,35,39-40,42,46,53,62,69-70H,14-21,24,26-30H2,1-6H3,(H,61,72)(H,63,71)/t32?,33-,39?,40?,42-,46-,53+/m0/s1. The third-order valence-electron chi connectivity index (χ3n) is 16.4. The lowest BCUT2D eigenvalue weighted by Gasteiger charge is -2.35. The second kappa shape index (κ2) is 21.3. The topological polar surface area (TPSA) is 207 Å². The fourth-order valence-corrected chi connectivity index (χ4v) is 13.1. The zero-order valence-electron chi connectivity index (χ0n) is 44.3. The number of carbonyl (C=O) groups is 3. The number of carbonyl (C=O) groups excluding carboxylic acids is 3. The molecule has 17 nitrogen and oxygen atoms in total. The number of ether oxygens (including phenoxy) is 2. The molecule has 4 aliphatic heterocycles. The van der Waals surface area contributed by atoms with Gasteiger partial charge in [0.05, 0.1) is 51.4 Å². The Morgan fingerprint density at radius 2 is 1.72 bits per heavy atom. The molecular weight excluding hydrogens is 981 g/mol. The maximum Gasteiger partial charge on any atom is 0.319 e. The van der Waals surface area contributed by atoms with Crippen molar-refractivity contribution in [3.8, 4) is 33.5 Å². The number of aliphatic hydroxyl groups excluding tert-OH is 1. The van der Waals surface area contributed by atoms with Crippen LogP contribution in [0.2, 0.25) is 0 Å². The van der Waals surface area contributed by atoms with Gasteiger partial charge in [0, 0.05) is 67.9 Å². The molecular formula is C58H70N10O7S. The lowest BCUT2D eigenvalue weighted by atomic mass is 9.79. The van der Waals surface area contributed by atoms with E-state index in [0.717, 1.165) is 118 Å². The molecule has 7 heterocycles. The van der Waals surface area contributed by atoms with Crippen LogP contribution in [0.5, 0.6) is 11.8 Å². The highest BCUT2D eigenvalue weighted by atomic mass is 32.1. The normalized spacial score (nSPS) is 22.4. The summed E-state index contributed by atoms with van der Waals surface area (Å²) in [7, 11) is 0. The first-order valence-corrected chi connectivity index (χ1v) is 27.9. The number of phenolic OH excluding ortho intramolecular Hbond substituents is 1. The van der Waals surface area contributed by atoms with Crippen molar-refractivity contribution in [3.05, 3.63) is 88.7 Å². The van der Waals surface area contributed by atoms with E-state index < -0.39 is 35.4 Å². The number of nitrogens with one attached hydrogen (secondary N) is 3. The Morgan fingerprint density at radius 1 is 0.961 bits per heavy atom. The van der Waals surface area contributed by atoms with Gasteiger partial charge in [0.25, 0.3) is 0 Å². The number of anilines is 1. The van der Waals surface area contributed by atoms with Crippen LogP contribution >= 0.6 is 11.3 Å². The van der Waals surface area contributed by atoms with Crippen LogP contribution in [0.3, 0.4) is 0 Å². The van der Waals surface area contributed by atoms with Crippen molar-refractivity contribution in [1.29, 1.82) is 0 Å². The Bertz CT molecular complexity index is 3140. The number of aliphatic hydroxyl groups is 1. The van der Waals surface area contributed by atoms with Crippen molar-refractivity contribution in [2.24, 2.45) is 11.3 Å². The first-order chi connectivity index (χ1) is 36.6. The molecule has 0 saturated carbocycles. The Morgan fingerprint density at radius 3 is 2.45 bits per heavy atom. The average molecular weight is 1050 g/mol. The van der Waals surface area contributed by atoms with Gasteiger partial charge in [0.15, 0.2) is 0 Å². The highest BCUT2D eigenvalue weighted by Gasteiger charge is 2.45. The van der Waals surface area contributed by atoms with Gasteiger partial charge in [-0.1, -0.05) is 70.2 Å². The average Bonchev–Trinajstić information content (AvgIpc) is 4.20. The van der Waals surface area contributed by atoms with Crippen LogP contribution in [0.1, 0.15) is 101 Å². The van der Waals surface area contributed by atoms with E-state index in [9.17, 15) is 24.6 Å². The van der Waals surface area contributed by atoms with Crippen molar-refractivity contribution in [2.45, 2.75) is 116 Å². The van der Waals surface area contributed by atoms with Crippen LogP contribution in [0.15, 0.2) is 66.3 Å². The van der Waals surface area contributed by atoms with Gasteiger partial charge in [0.2, 0.25) is 17.7 Å². The van der Waals surface area contributed by atoms with E-state index >= 15 is 0 Å². The van der Waals surface area contributed by atoms with Gasteiger partial charge in [-0.2, -0.15) is 9.97 Å². The number of pyridine rings is 1. The lowest BCUT2D eigenvalue weighted by molar-refractivity contribution is -0.144. The predicted octanol–water partition coefficient (Wildman–Crippen LogP) is 6.87. The van der Waals surface area contributed by atoms with E-state index in [1.54, 1.807) is 11.3 Å². The first-order valence-electron chi connectivity index (χ1n) is 27.1. The molecule has 0 radical (unpaired) electrons. The molecule has 2 bridgehead atoms. The molecule has 3 aromatic heterocycles. The minimum absolute atomic E-state index is 0.00116. The highest BCUT2D eigenvalue weighted by Crippen LogP contribution is 2.49. The number of amides is 3. The third kappa shape index (κ3) is 10.5. The monoisotopic (exact) mass is 1050 g/mol. The summed E-state index contributed by atoms with van der Waals surface area (Å²) in [4.78, 5) is 68.5. The van der Waals surface area contributed by atoms with E-state index in [1.165, 1.54) is 10.5 Å². The number of likely N-dealkylation sites (tertiary alicyclic amines) is 2. The van der Waals surface area contributed by atoms with Gasteiger partial charge in [-0.25, -0.2) is 4.98 Å².